The summed E-state index contributed by atoms with van der Waals surface area (Å²) in [4.78, 5) is 24.5. The van der Waals surface area contributed by atoms with E-state index in [9.17, 15) is 18.7 Å². The second-order valence-electron chi connectivity index (χ2n) is 9.37. The lowest BCUT2D eigenvalue weighted by molar-refractivity contribution is -0.276. The predicted molar refractivity (Wildman–Crippen MR) is 144 cm³/mol. The third-order valence-electron chi connectivity index (χ3n) is 6.19. The van der Waals surface area contributed by atoms with Crippen LogP contribution in [-0.2, 0) is 6.42 Å². The van der Waals surface area contributed by atoms with Crippen molar-refractivity contribution in [2.45, 2.75) is 58.1 Å². The fraction of sp³-hybridized carbons (Fsp3) is 0.393. The fourth-order valence-electron chi connectivity index (χ4n) is 4.28. The van der Waals surface area contributed by atoms with Crippen molar-refractivity contribution in [3.8, 4) is 11.6 Å². The SMILES string of the molecule is CCCN(CCC)c1cc(C(=O)NC(Cc2cc(F)cc(F)c2)C(O)CC/C(N)=C/[NH3+])cc(-c2ncco2)n1. The van der Waals surface area contributed by atoms with Gasteiger partial charge in [-0.1, -0.05) is 13.8 Å². The van der Waals surface area contributed by atoms with E-state index in [0.29, 0.717) is 29.2 Å². The first kappa shape index (κ1) is 29.7. The zero-order chi connectivity index (χ0) is 28.4. The highest BCUT2D eigenvalue weighted by Crippen LogP contribution is 2.23. The lowest BCUT2D eigenvalue weighted by Crippen LogP contribution is -2.45. The number of hydrogen-bond donors (Lipinski definition) is 4. The smallest absolute Gasteiger partial charge is 0.251 e. The minimum atomic E-state index is -1.05. The van der Waals surface area contributed by atoms with E-state index in [1.807, 2.05) is 0 Å². The van der Waals surface area contributed by atoms with Crippen LogP contribution in [0.15, 0.2) is 59.1 Å². The van der Waals surface area contributed by atoms with Gasteiger partial charge in [0.15, 0.2) is 0 Å². The molecule has 0 aliphatic rings. The lowest BCUT2D eigenvalue weighted by atomic mass is 9.97. The van der Waals surface area contributed by atoms with Gasteiger partial charge in [0, 0.05) is 24.7 Å². The Hall–Kier alpha value is -3.83. The molecule has 1 aromatic carbocycles. The van der Waals surface area contributed by atoms with Crippen LogP contribution in [0.1, 0.15) is 55.5 Å². The number of allylic oxidation sites excluding steroid dienone is 1. The number of carbonyl (C=O) groups excluding carboxylic acids is 1. The average molecular weight is 544 g/mol. The molecule has 39 heavy (non-hydrogen) atoms. The van der Waals surface area contributed by atoms with Gasteiger partial charge in [0.05, 0.1) is 24.0 Å². The van der Waals surface area contributed by atoms with E-state index in [1.54, 1.807) is 12.1 Å². The van der Waals surface area contributed by atoms with Crippen molar-refractivity contribution < 1.29 is 28.8 Å². The van der Waals surface area contributed by atoms with Crippen LogP contribution >= 0.6 is 0 Å². The number of benzene rings is 1. The number of oxazole rings is 1. The first-order valence-corrected chi connectivity index (χ1v) is 13.1. The molecule has 0 saturated heterocycles. The number of pyridine rings is 1. The van der Waals surface area contributed by atoms with E-state index in [1.165, 1.54) is 30.8 Å². The molecular formula is C28H37F2N6O3+. The molecule has 210 valence electrons. The number of aromatic nitrogens is 2. The van der Waals surface area contributed by atoms with Gasteiger partial charge >= 0.3 is 0 Å². The quantitative estimate of drug-likeness (QED) is 0.244. The minimum Gasteiger partial charge on any atom is -0.443 e. The number of amides is 1. The van der Waals surface area contributed by atoms with Crippen molar-refractivity contribution in [1.29, 1.82) is 0 Å². The Morgan fingerprint density at radius 1 is 1.18 bits per heavy atom. The maximum absolute atomic E-state index is 13.9. The Labute approximate surface area is 226 Å². The Balaban J connectivity index is 1.95. The van der Waals surface area contributed by atoms with Gasteiger partial charge in [0.1, 0.15) is 35.6 Å². The van der Waals surface area contributed by atoms with Crippen LogP contribution in [-0.4, -0.2) is 46.2 Å². The number of anilines is 1. The molecule has 2 unspecified atom stereocenters. The summed E-state index contributed by atoms with van der Waals surface area (Å²) in [6, 6.07) is 5.52. The topological polar surface area (TPSA) is 145 Å². The summed E-state index contributed by atoms with van der Waals surface area (Å²) < 4.78 is 33.2. The highest BCUT2D eigenvalue weighted by molar-refractivity contribution is 5.96. The molecule has 2 heterocycles. The maximum Gasteiger partial charge on any atom is 0.251 e. The summed E-state index contributed by atoms with van der Waals surface area (Å²) in [5.41, 5.74) is 10.9. The summed E-state index contributed by atoms with van der Waals surface area (Å²) in [5.74, 6) is -1.11. The van der Waals surface area contributed by atoms with Gasteiger partial charge in [-0.3, -0.25) is 4.79 Å². The van der Waals surface area contributed by atoms with Crippen LogP contribution in [0.2, 0.25) is 0 Å². The third kappa shape index (κ3) is 8.59. The standard InChI is InChI=1S/C28H36F2N6O3/c1-3-8-36(9-4-2)26-15-19(14-24(34-26)28-33-7-10-39-28)27(38)35-23(25(37)6-5-22(32)17-31)13-18-11-20(29)16-21(30)12-18/h7,10-12,14-17,23,25,37H,3-6,8-9,13,31-32H2,1-2H3,(H,35,38)/p+1/b22-17-. The number of aliphatic hydroxyl groups is 1. The zero-order valence-corrected chi connectivity index (χ0v) is 22.4. The first-order valence-electron chi connectivity index (χ1n) is 13.1. The number of nitrogens with two attached hydrogens (primary N) is 1. The largest absolute Gasteiger partial charge is 0.443 e. The van der Waals surface area contributed by atoms with Gasteiger partial charge < -0.3 is 31.2 Å². The first-order chi connectivity index (χ1) is 18.7. The van der Waals surface area contributed by atoms with Crippen molar-refractivity contribution in [2.24, 2.45) is 5.73 Å². The number of quaternary nitrogens is 1. The van der Waals surface area contributed by atoms with Crippen LogP contribution < -0.4 is 21.7 Å². The molecular weight excluding hydrogens is 506 g/mol. The molecule has 3 rings (SSSR count). The molecule has 0 aliphatic heterocycles. The van der Waals surface area contributed by atoms with Crippen LogP contribution in [0.3, 0.4) is 0 Å². The monoisotopic (exact) mass is 543 g/mol. The van der Waals surface area contributed by atoms with Crippen LogP contribution in [0, 0.1) is 11.6 Å². The Morgan fingerprint density at radius 2 is 1.87 bits per heavy atom. The van der Waals surface area contributed by atoms with Crippen molar-refractivity contribution in [1.82, 2.24) is 15.3 Å². The average Bonchev–Trinajstić information content (AvgIpc) is 3.45. The molecule has 1 amide bonds. The Bertz CT molecular complexity index is 1230. The van der Waals surface area contributed by atoms with Crippen molar-refractivity contribution in [2.75, 3.05) is 18.0 Å². The Morgan fingerprint density at radius 3 is 2.46 bits per heavy atom. The summed E-state index contributed by atoms with van der Waals surface area (Å²) in [5, 5.41) is 13.8. The molecule has 2 aromatic heterocycles. The number of rotatable bonds is 14. The fourth-order valence-corrected chi connectivity index (χ4v) is 4.28. The van der Waals surface area contributed by atoms with Crippen molar-refractivity contribution >= 4 is 11.7 Å². The highest BCUT2D eigenvalue weighted by atomic mass is 19.1. The van der Waals surface area contributed by atoms with Gasteiger partial charge in [-0.05, 0) is 61.9 Å². The van der Waals surface area contributed by atoms with Gasteiger partial charge in [0.2, 0.25) is 5.89 Å². The summed E-state index contributed by atoms with van der Waals surface area (Å²) in [7, 11) is 0. The van der Waals surface area contributed by atoms with Gasteiger partial charge in [-0.15, -0.1) is 0 Å². The van der Waals surface area contributed by atoms with E-state index in [4.69, 9.17) is 10.2 Å². The molecule has 7 N–H and O–H groups in total. The molecule has 3 aromatic rings. The summed E-state index contributed by atoms with van der Waals surface area (Å²) in [6.07, 6.45) is 5.68. The van der Waals surface area contributed by atoms with Gasteiger partial charge in [-0.25, -0.2) is 18.7 Å². The van der Waals surface area contributed by atoms with E-state index in [2.05, 4.69) is 39.8 Å². The van der Waals surface area contributed by atoms with E-state index >= 15 is 0 Å². The number of nitrogens with zero attached hydrogens (tertiary/aromatic N) is 3. The van der Waals surface area contributed by atoms with Gasteiger partial charge in [0.25, 0.3) is 5.91 Å². The van der Waals surface area contributed by atoms with Crippen molar-refractivity contribution in [3.63, 3.8) is 0 Å². The molecule has 0 spiro atoms. The lowest BCUT2D eigenvalue weighted by Gasteiger charge is -2.26. The number of aliphatic hydroxyl groups excluding tert-OH is 1. The molecule has 0 saturated carbocycles. The number of carbonyl (C=O) groups is 1. The number of hydrogen-bond acceptors (Lipinski definition) is 7. The second kappa shape index (κ2) is 14.4. The summed E-state index contributed by atoms with van der Waals surface area (Å²) in [6.45, 7) is 5.60. The molecule has 0 bridgehead atoms. The number of nitrogens with one attached hydrogen (secondary N) is 1. The molecule has 0 radical (unpaired) electrons. The zero-order valence-electron chi connectivity index (χ0n) is 22.4. The van der Waals surface area contributed by atoms with Crippen LogP contribution in [0.4, 0.5) is 14.6 Å². The molecule has 9 nitrogen and oxygen atoms in total. The van der Waals surface area contributed by atoms with E-state index in [-0.39, 0.29) is 24.3 Å². The van der Waals surface area contributed by atoms with E-state index < -0.39 is 29.7 Å². The van der Waals surface area contributed by atoms with Crippen LogP contribution in [0.5, 0.6) is 0 Å². The molecule has 2 atom stereocenters. The van der Waals surface area contributed by atoms with Crippen LogP contribution in [0.25, 0.3) is 11.6 Å². The third-order valence-corrected chi connectivity index (χ3v) is 6.19. The van der Waals surface area contributed by atoms with Crippen molar-refractivity contribution in [3.05, 3.63) is 77.5 Å². The molecule has 11 heteroatoms. The molecule has 0 fully saturated rings. The second-order valence-corrected chi connectivity index (χ2v) is 9.37. The van der Waals surface area contributed by atoms with E-state index in [0.717, 1.165) is 32.0 Å². The molecule has 0 aliphatic carbocycles. The maximum atomic E-state index is 13.9. The number of halogens is 2. The Kier molecular flexibility index (Phi) is 10.9. The predicted octanol–water partition coefficient (Wildman–Crippen LogP) is 3.17. The minimum absolute atomic E-state index is 0.00207. The normalized spacial score (nSPS) is 13.2. The summed E-state index contributed by atoms with van der Waals surface area (Å²) >= 11 is 0. The van der Waals surface area contributed by atoms with Gasteiger partial charge in [-0.2, -0.15) is 0 Å². The highest BCUT2D eigenvalue weighted by Gasteiger charge is 2.25.